The topological polar surface area (TPSA) is 205 Å². The van der Waals surface area contributed by atoms with Crippen molar-refractivity contribution in [3.63, 3.8) is 0 Å². The van der Waals surface area contributed by atoms with E-state index in [1.165, 1.54) is 0 Å². The van der Waals surface area contributed by atoms with Gasteiger partial charge in [0.25, 0.3) is 0 Å². The average molecular weight is 721 g/mol. The Labute approximate surface area is 304 Å². The van der Waals surface area contributed by atoms with E-state index in [2.05, 4.69) is 0 Å². The largest absolute Gasteiger partial charge is 0.290 e. The Bertz CT molecular complexity index is 1890. The third-order valence-corrected chi connectivity index (χ3v) is 9.75. The zero-order valence-electron chi connectivity index (χ0n) is 28.1. The monoisotopic (exact) mass is 720 g/mol. The lowest BCUT2D eigenvalue weighted by molar-refractivity contribution is -0.116. The van der Waals surface area contributed by atoms with Gasteiger partial charge in [0, 0.05) is 105 Å². The van der Waals surface area contributed by atoms with Crippen molar-refractivity contribution in [2.24, 2.45) is 0 Å². The maximum Gasteiger partial charge on any atom is 0.182 e. The Kier molecular flexibility index (Phi) is 8.82. The molecule has 0 spiro atoms. The zero-order chi connectivity index (χ0) is 38.6. The zero-order valence-corrected chi connectivity index (χ0v) is 28.1. The fourth-order valence-electron chi connectivity index (χ4n) is 6.75. The molecule has 264 valence electrons. The van der Waals surface area contributed by atoms with E-state index in [0.29, 0.717) is 0 Å². The molecule has 0 amide bonds. The summed E-state index contributed by atoms with van der Waals surface area (Å²) in [5.74, 6) is -7.87. The number of ketones is 12. The highest BCUT2D eigenvalue weighted by Crippen LogP contribution is 2.32. The molecule has 12 nitrogen and oxygen atoms in total. The average Bonchev–Trinajstić information content (AvgIpc) is 3.10. The number of hydrogen-bond donors (Lipinski definition) is 0. The Morgan fingerprint density at radius 1 is 0.167 bits per heavy atom. The molecule has 0 N–H and O–H groups in total. The van der Waals surface area contributed by atoms with Crippen LogP contribution in [0.3, 0.4) is 0 Å². The molecule has 0 unspecified atom stereocenters. The fourth-order valence-corrected chi connectivity index (χ4v) is 6.75. The van der Waals surface area contributed by atoms with Crippen LogP contribution in [0.1, 0.15) is 38.5 Å². The van der Waals surface area contributed by atoms with Crippen molar-refractivity contribution in [2.45, 2.75) is 38.5 Å². The van der Waals surface area contributed by atoms with Crippen molar-refractivity contribution >= 4 is 69.4 Å². The van der Waals surface area contributed by atoms with Gasteiger partial charge in [-0.3, -0.25) is 57.5 Å². The van der Waals surface area contributed by atoms with Crippen LogP contribution in [0.5, 0.6) is 0 Å². The van der Waals surface area contributed by atoms with Crippen LogP contribution < -0.4 is 0 Å². The van der Waals surface area contributed by atoms with Crippen molar-refractivity contribution < 1.29 is 57.5 Å². The van der Waals surface area contributed by atoms with Crippen molar-refractivity contribution in [1.29, 1.82) is 0 Å². The first kappa shape index (κ1) is 35.3. The minimum absolute atomic E-state index is 0.0968. The van der Waals surface area contributed by atoms with Crippen LogP contribution in [-0.4, -0.2) is 69.4 Å². The van der Waals surface area contributed by atoms with Crippen LogP contribution in [0.2, 0.25) is 0 Å². The maximum atomic E-state index is 13.0. The van der Waals surface area contributed by atoms with Gasteiger partial charge in [-0.2, -0.15) is 0 Å². The molecule has 22 rings (SSSR count). The summed E-state index contributed by atoms with van der Waals surface area (Å²) in [6.07, 6.45) is 9.70. The molecule has 0 aromatic heterocycles. The van der Waals surface area contributed by atoms with Crippen LogP contribution in [0.4, 0.5) is 0 Å². The molecule has 0 heterocycles. The van der Waals surface area contributed by atoms with Crippen LogP contribution in [0.15, 0.2) is 140 Å². The van der Waals surface area contributed by atoms with Crippen molar-refractivity contribution in [2.75, 3.05) is 0 Å². The maximum absolute atomic E-state index is 13.0. The molecular formula is C42H24O12. The lowest BCUT2D eigenvalue weighted by Crippen LogP contribution is -2.22. The van der Waals surface area contributed by atoms with E-state index >= 15 is 0 Å². The normalized spacial score (nSPS) is 22.7. The van der Waals surface area contributed by atoms with Crippen LogP contribution in [0, 0.1) is 0 Å². The van der Waals surface area contributed by atoms with Crippen LogP contribution >= 0.6 is 0 Å². The van der Waals surface area contributed by atoms with E-state index in [-0.39, 0.29) is 105 Å². The van der Waals surface area contributed by atoms with Gasteiger partial charge in [-0.15, -0.1) is 0 Å². The first-order valence-electron chi connectivity index (χ1n) is 16.6. The number of carbonyl (C=O) groups is 12. The van der Waals surface area contributed by atoms with E-state index in [1.807, 2.05) is 0 Å². The quantitative estimate of drug-likeness (QED) is 0.331. The molecule has 22 aliphatic rings. The number of hydrogen-bond acceptors (Lipinski definition) is 12. The van der Waals surface area contributed by atoms with E-state index in [0.717, 1.165) is 72.9 Å². The molecule has 0 aromatic carbocycles. The molecule has 0 atom stereocenters. The number of rotatable bonds is 0. The first-order chi connectivity index (χ1) is 25.6. The molecule has 54 heavy (non-hydrogen) atoms. The van der Waals surface area contributed by atoms with Crippen LogP contribution in [0.25, 0.3) is 0 Å². The van der Waals surface area contributed by atoms with Crippen molar-refractivity contribution in [3.05, 3.63) is 140 Å². The summed E-state index contributed by atoms with van der Waals surface area (Å²) in [7, 11) is 0. The highest BCUT2D eigenvalue weighted by atomic mass is 16.2. The van der Waals surface area contributed by atoms with E-state index < -0.39 is 69.4 Å². The SMILES string of the molecule is O=C1C=C2CC3=CC(=O)C(=CC3=O)CC3=CC(=O)C(=CC3=O)CC3=CC(=O)C(=CC3=O)CC3=CC(=O)C(=CC3=O)CC3=CC(=O)C(=CC3=O)CC1=CC2=O. The summed E-state index contributed by atoms with van der Waals surface area (Å²) in [6, 6.07) is 0. The van der Waals surface area contributed by atoms with Gasteiger partial charge < -0.3 is 0 Å². The predicted octanol–water partition coefficient (Wildman–Crippen LogP) is 2.37. The summed E-state index contributed by atoms with van der Waals surface area (Å²) in [5, 5.41) is 0. The first-order valence-corrected chi connectivity index (χ1v) is 16.6. The van der Waals surface area contributed by atoms with Gasteiger partial charge in [0.1, 0.15) is 0 Å². The summed E-state index contributed by atoms with van der Waals surface area (Å²) >= 11 is 0. The van der Waals surface area contributed by atoms with Crippen molar-refractivity contribution in [3.8, 4) is 0 Å². The highest BCUT2D eigenvalue weighted by Gasteiger charge is 2.32. The molecule has 0 fully saturated rings. The summed E-state index contributed by atoms with van der Waals surface area (Å²) in [6.45, 7) is 0. The minimum Gasteiger partial charge on any atom is -0.290 e. The second-order valence-corrected chi connectivity index (χ2v) is 13.5. The second-order valence-electron chi connectivity index (χ2n) is 13.5. The molecular weight excluding hydrogens is 696 g/mol. The van der Waals surface area contributed by atoms with E-state index in [1.54, 1.807) is 0 Å². The molecule has 22 aliphatic carbocycles. The Morgan fingerprint density at radius 3 is 0.315 bits per heavy atom. The molecule has 0 radical (unpaired) electrons. The molecule has 12 bridgehead atoms. The number of carbonyl (C=O) groups excluding carboxylic acids is 12. The Morgan fingerprint density at radius 2 is 0.241 bits per heavy atom. The lowest BCUT2D eigenvalue weighted by atomic mass is 9.82. The van der Waals surface area contributed by atoms with E-state index in [4.69, 9.17) is 0 Å². The lowest BCUT2D eigenvalue weighted by Gasteiger charge is -2.19. The van der Waals surface area contributed by atoms with Gasteiger partial charge in [0.05, 0.1) is 0 Å². The predicted molar refractivity (Wildman–Crippen MR) is 185 cm³/mol. The minimum atomic E-state index is -0.656. The van der Waals surface area contributed by atoms with Gasteiger partial charge in [-0.05, 0) is 72.9 Å². The molecule has 12 heteroatoms. The van der Waals surface area contributed by atoms with Gasteiger partial charge in [-0.1, -0.05) is 0 Å². The van der Waals surface area contributed by atoms with Gasteiger partial charge in [-0.25, -0.2) is 0 Å². The summed E-state index contributed by atoms with van der Waals surface area (Å²) < 4.78 is 0. The van der Waals surface area contributed by atoms with Crippen LogP contribution in [-0.2, 0) is 57.5 Å². The third kappa shape index (κ3) is 6.80. The Balaban J connectivity index is 1.20. The molecule has 0 saturated heterocycles. The smallest absolute Gasteiger partial charge is 0.182 e. The fraction of sp³-hybridized carbons (Fsp3) is 0.143. The molecule has 0 aliphatic heterocycles. The van der Waals surface area contributed by atoms with Gasteiger partial charge >= 0.3 is 0 Å². The number of allylic oxidation sites excluding steroid dienone is 24. The molecule has 0 aromatic rings. The molecule has 0 saturated carbocycles. The second kappa shape index (κ2) is 13.5. The van der Waals surface area contributed by atoms with Crippen molar-refractivity contribution in [1.82, 2.24) is 0 Å². The Hall–Kier alpha value is -7.08. The summed E-state index contributed by atoms with van der Waals surface area (Å²) in [5.41, 5.74) is -1.16. The standard InChI is InChI=1S/C42H24O12/c43-31-9-21-2-23-11-37(49)25(13-35(23)47)4-27-15-41(53)29(17-39(27)51)6-30-18-40(52)28(16-42(30)54)5-26-14-36(48)24(12-38(26)50)3-22-10-32(44)20(8-34(22)46)1-19(31)7-33(21)45/h7-18H,1-6H2. The van der Waals surface area contributed by atoms with E-state index in [9.17, 15) is 57.5 Å². The summed E-state index contributed by atoms with van der Waals surface area (Å²) in [4.78, 5) is 156. The third-order valence-electron chi connectivity index (χ3n) is 9.75. The van der Waals surface area contributed by atoms with Gasteiger partial charge in [0.2, 0.25) is 0 Å². The highest BCUT2D eigenvalue weighted by molar-refractivity contribution is 6.28. The van der Waals surface area contributed by atoms with Gasteiger partial charge in [0.15, 0.2) is 69.4 Å².